The lowest BCUT2D eigenvalue weighted by molar-refractivity contribution is -0.137. The molecule has 0 bridgehead atoms. The molecular weight excluding hydrogens is 306 g/mol. The summed E-state index contributed by atoms with van der Waals surface area (Å²) in [5.74, 6) is 0.300. The molecule has 24 heavy (non-hydrogen) atoms. The van der Waals surface area contributed by atoms with Gasteiger partial charge in [0, 0.05) is 63.4 Å². The first kappa shape index (κ1) is 17.0. The smallest absolute Gasteiger partial charge is 0.269 e. The minimum Gasteiger partial charge on any atom is -0.364 e. The fourth-order valence-corrected chi connectivity index (χ4v) is 3.96. The van der Waals surface area contributed by atoms with Crippen LogP contribution in [0.2, 0.25) is 0 Å². The van der Waals surface area contributed by atoms with Gasteiger partial charge >= 0.3 is 0 Å². The summed E-state index contributed by atoms with van der Waals surface area (Å²) in [5.41, 5.74) is 7.96. The number of aromatic nitrogens is 2. The highest BCUT2D eigenvalue weighted by molar-refractivity contribution is 5.92. The highest BCUT2D eigenvalue weighted by Gasteiger charge is 2.31. The first-order valence-corrected chi connectivity index (χ1v) is 8.73. The maximum atomic E-state index is 12.0. The third-order valence-electron chi connectivity index (χ3n) is 5.24. The van der Waals surface area contributed by atoms with E-state index in [9.17, 15) is 9.59 Å². The molecule has 7 nitrogen and oxygen atoms in total. The summed E-state index contributed by atoms with van der Waals surface area (Å²) in [6.07, 6.45) is 2.47. The Hall–Kier alpha value is -1.89. The number of hydrogen-bond acceptors (Lipinski definition) is 4. The molecule has 2 amide bonds. The minimum atomic E-state index is -0.456. The molecular formula is C17H27N5O2. The lowest BCUT2D eigenvalue weighted by Gasteiger charge is -2.38. The summed E-state index contributed by atoms with van der Waals surface area (Å²) in [6, 6.07) is 0.257. The van der Waals surface area contributed by atoms with Gasteiger partial charge in [-0.2, -0.15) is 5.10 Å². The van der Waals surface area contributed by atoms with E-state index in [1.165, 1.54) is 0 Å². The number of aryl methyl sites for hydroxylation is 1. The van der Waals surface area contributed by atoms with Crippen LogP contribution in [0.4, 0.5) is 0 Å². The maximum absolute atomic E-state index is 12.0. The molecule has 3 rings (SSSR count). The van der Waals surface area contributed by atoms with E-state index in [0.29, 0.717) is 24.6 Å². The van der Waals surface area contributed by atoms with Crippen molar-refractivity contribution >= 4 is 11.8 Å². The SMILES string of the molecule is CC(C)N1CC(CN2CCc3c(c(C(N)=O)nn3C)C2)CCC1=O. The molecule has 132 valence electrons. The van der Waals surface area contributed by atoms with Crippen LogP contribution in [0.15, 0.2) is 0 Å². The second-order valence-electron chi connectivity index (χ2n) is 7.29. The van der Waals surface area contributed by atoms with Crippen LogP contribution in [-0.4, -0.2) is 57.1 Å². The predicted octanol–water partition coefficient (Wildman–Crippen LogP) is 0.524. The van der Waals surface area contributed by atoms with Gasteiger partial charge in [-0.1, -0.05) is 0 Å². The summed E-state index contributed by atoms with van der Waals surface area (Å²) in [4.78, 5) is 28.0. The van der Waals surface area contributed by atoms with E-state index in [0.717, 1.165) is 43.7 Å². The van der Waals surface area contributed by atoms with Crippen molar-refractivity contribution in [3.63, 3.8) is 0 Å². The molecule has 1 aromatic heterocycles. The zero-order chi connectivity index (χ0) is 17.4. The number of amides is 2. The van der Waals surface area contributed by atoms with Crippen molar-refractivity contribution in [2.24, 2.45) is 18.7 Å². The Kier molecular flexibility index (Phi) is 4.62. The molecule has 1 atom stereocenters. The van der Waals surface area contributed by atoms with E-state index in [1.807, 2.05) is 11.9 Å². The molecule has 3 heterocycles. The molecule has 0 aromatic carbocycles. The highest BCUT2D eigenvalue weighted by Crippen LogP contribution is 2.25. The van der Waals surface area contributed by atoms with E-state index in [2.05, 4.69) is 23.8 Å². The molecule has 2 aliphatic heterocycles. The van der Waals surface area contributed by atoms with Gasteiger partial charge in [0.05, 0.1) is 0 Å². The maximum Gasteiger partial charge on any atom is 0.269 e. The van der Waals surface area contributed by atoms with Crippen molar-refractivity contribution < 1.29 is 9.59 Å². The third kappa shape index (κ3) is 3.17. The zero-order valence-electron chi connectivity index (χ0n) is 14.8. The molecule has 2 aliphatic rings. The number of nitrogens with zero attached hydrogens (tertiary/aromatic N) is 4. The van der Waals surface area contributed by atoms with E-state index in [1.54, 1.807) is 4.68 Å². The molecule has 0 saturated carbocycles. The summed E-state index contributed by atoms with van der Waals surface area (Å²) in [6.45, 7) is 7.59. The lowest BCUT2D eigenvalue weighted by Crippen LogP contribution is -2.47. The first-order valence-electron chi connectivity index (χ1n) is 8.73. The van der Waals surface area contributed by atoms with E-state index < -0.39 is 5.91 Å². The number of carbonyl (C=O) groups is 2. The summed E-state index contributed by atoms with van der Waals surface area (Å²) >= 11 is 0. The average molecular weight is 333 g/mol. The van der Waals surface area contributed by atoms with Crippen molar-refractivity contribution in [3.8, 4) is 0 Å². The molecule has 2 N–H and O–H groups in total. The van der Waals surface area contributed by atoms with Crippen LogP contribution < -0.4 is 5.73 Å². The molecule has 1 fully saturated rings. The second kappa shape index (κ2) is 6.55. The van der Waals surface area contributed by atoms with E-state index in [4.69, 9.17) is 5.73 Å². The molecule has 0 aliphatic carbocycles. The van der Waals surface area contributed by atoms with Gasteiger partial charge in [-0.25, -0.2) is 0 Å². The van der Waals surface area contributed by atoms with Gasteiger partial charge in [0.2, 0.25) is 5.91 Å². The largest absolute Gasteiger partial charge is 0.364 e. The van der Waals surface area contributed by atoms with Gasteiger partial charge in [0.1, 0.15) is 0 Å². The van der Waals surface area contributed by atoms with Crippen LogP contribution in [0.5, 0.6) is 0 Å². The van der Waals surface area contributed by atoms with Crippen LogP contribution in [0.3, 0.4) is 0 Å². The van der Waals surface area contributed by atoms with E-state index >= 15 is 0 Å². The van der Waals surface area contributed by atoms with Crippen molar-refractivity contribution in [2.75, 3.05) is 19.6 Å². The van der Waals surface area contributed by atoms with Crippen molar-refractivity contribution in [1.29, 1.82) is 0 Å². The van der Waals surface area contributed by atoms with Crippen LogP contribution in [0.25, 0.3) is 0 Å². The number of primary amides is 1. The Morgan fingerprint density at radius 1 is 1.38 bits per heavy atom. The Morgan fingerprint density at radius 3 is 2.79 bits per heavy atom. The Morgan fingerprint density at radius 2 is 2.12 bits per heavy atom. The summed E-state index contributed by atoms with van der Waals surface area (Å²) in [5, 5.41) is 4.28. The Labute approximate surface area is 142 Å². The Bertz CT molecular complexity index is 652. The fourth-order valence-electron chi connectivity index (χ4n) is 3.96. The second-order valence-corrected chi connectivity index (χ2v) is 7.29. The quantitative estimate of drug-likeness (QED) is 0.871. The molecule has 7 heteroatoms. The molecule has 1 unspecified atom stereocenters. The van der Waals surface area contributed by atoms with Crippen LogP contribution in [0.1, 0.15) is 48.4 Å². The third-order valence-corrected chi connectivity index (χ3v) is 5.24. The van der Waals surface area contributed by atoms with Crippen LogP contribution in [-0.2, 0) is 24.8 Å². The summed E-state index contributed by atoms with van der Waals surface area (Å²) < 4.78 is 1.78. The molecule has 1 aromatic rings. The van der Waals surface area contributed by atoms with Crippen molar-refractivity contribution in [1.82, 2.24) is 19.6 Å². The number of rotatable bonds is 4. The highest BCUT2D eigenvalue weighted by atomic mass is 16.2. The lowest BCUT2D eigenvalue weighted by atomic mass is 9.94. The van der Waals surface area contributed by atoms with Gasteiger partial charge in [-0.15, -0.1) is 0 Å². The number of hydrogen-bond donors (Lipinski definition) is 1. The number of carbonyl (C=O) groups excluding carboxylic acids is 2. The van der Waals surface area contributed by atoms with Gasteiger partial charge in [0.15, 0.2) is 5.69 Å². The topological polar surface area (TPSA) is 84.5 Å². The first-order chi connectivity index (χ1) is 11.4. The van der Waals surface area contributed by atoms with E-state index in [-0.39, 0.29) is 11.9 Å². The van der Waals surface area contributed by atoms with Gasteiger partial charge in [0.25, 0.3) is 5.91 Å². The minimum absolute atomic E-state index is 0.257. The number of fused-ring (bicyclic) bond motifs is 1. The fraction of sp³-hybridized carbons (Fsp3) is 0.706. The van der Waals surface area contributed by atoms with Crippen LogP contribution in [0, 0.1) is 5.92 Å². The Balaban J connectivity index is 1.68. The predicted molar refractivity (Wildman–Crippen MR) is 90.3 cm³/mol. The van der Waals surface area contributed by atoms with Crippen molar-refractivity contribution in [2.45, 2.75) is 45.7 Å². The molecule has 1 saturated heterocycles. The number of likely N-dealkylation sites (tertiary alicyclic amines) is 1. The zero-order valence-corrected chi connectivity index (χ0v) is 14.8. The van der Waals surface area contributed by atoms with Crippen molar-refractivity contribution in [3.05, 3.63) is 17.0 Å². The van der Waals surface area contributed by atoms with Gasteiger partial charge < -0.3 is 10.6 Å². The molecule has 0 radical (unpaired) electrons. The molecule has 0 spiro atoms. The average Bonchev–Trinajstić information content (AvgIpc) is 2.86. The van der Waals surface area contributed by atoms with Crippen LogP contribution >= 0.6 is 0 Å². The van der Waals surface area contributed by atoms with Gasteiger partial charge in [-0.05, 0) is 26.2 Å². The standard InChI is InChI=1S/C17H27N5O2/c1-11(2)22-9-12(4-5-15(22)23)8-21-7-6-14-13(10-21)16(17(18)24)19-20(14)3/h11-12H,4-10H2,1-3H3,(H2,18,24). The summed E-state index contributed by atoms with van der Waals surface area (Å²) in [7, 11) is 1.87. The van der Waals surface area contributed by atoms with Gasteiger partial charge in [-0.3, -0.25) is 19.2 Å². The number of piperidine rings is 1. The monoisotopic (exact) mass is 333 g/mol. The number of nitrogens with two attached hydrogens (primary N) is 1. The normalized spacial score (nSPS) is 22.1.